The van der Waals surface area contributed by atoms with E-state index in [0.717, 1.165) is 88.4 Å². The molecular weight excluding hydrogens is 976 g/mol. The van der Waals surface area contributed by atoms with Crippen LogP contribution in [-0.2, 0) is 29.3 Å². The van der Waals surface area contributed by atoms with Gasteiger partial charge in [-0.15, -0.1) is 23.7 Å². The Hall–Kier alpha value is -2.61. The Kier molecular flexibility index (Phi) is 54.6. The number of para-hydroxylation sites is 2. The Bertz CT molecular complexity index is 1770. The fourth-order valence-electron chi connectivity index (χ4n) is 10.9. The first kappa shape index (κ1) is 72.4. The van der Waals surface area contributed by atoms with Crippen LogP contribution in [0.1, 0.15) is 360 Å². The number of hydrogen-bond donors (Lipinski definition) is 0. The van der Waals surface area contributed by atoms with E-state index in [-0.39, 0.29) is 16.5 Å². The van der Waals surface area contributed by atoms with Gasteiger partial charge in [-0.25, -0.2) is 0 Å². The van der Waals surface area contributed by atoms with E-state index < -0.39 is 0 Å². The van der Waals surface area contributed by atoms with Gasteiger partial charge in [0.25, 0.3) is 0 Å². The first-order valence-electron chi connectivity index (χ1n) is 34.0. The van der Waals surface area contributed by atoms with Crippen LogP contribution in [0.15, 0.2) is 58.5 Å². The van der Waals surface area contributed by atoms with Crippen LogP contribution in [0.5, 0.6) is 0 Å². The third-order valence-corrected chi connectivity index (χ3v) is 15.9. The first-order chi connectivity index (χ1) is 37.7. The molecule has 0 aliphatic rings. The summed E-state index contributed by atoms with van der Waals surface area (Å²) in [5.74, 6) is 14.1. The molecule has 2 aromatic rings. The fraction of sp³-hybridized carbons (Fsp3) is 0.757. The second-order valence-corrected chi connectivity index (χ2v) is 23.2. The quantitative estimate of drug-likeness (QED) is 0.0273. The van der Waals surface area contributed by atoms with Gasteiger partial charge in [-0.3, -0.25) is 9.98 Å². The predicted octanol–water partition coefficient (Wildman–Crippen LogP) is 25.2. The van der Waals surface area contributed by atoms with Crippen LogP contribution in [0.2, 0.25) is 0 Å². The molecule has 0 heterocycles. The standard InChI is InChI=1S/C74H124N2.Ni/c1-5-9-13-16-19-21-23-25-27-29-31-33-35-37-39-41-43-45-47-49-51-54-61-69-63-57-59-66-71(69)75-73(65-12-8-4)74(68-56-53-18-15-11-7-3)76-72-67-60-58-64-70(72)62-55-52-50-48-46-44-42-40-38-36-34-32-30-28-26-24-22-20-17-14-10-6-2;/h57-60,63-64,66-67H,5-46,51-56,61-62,65,68H2,1-4H3;. The van der Waals surface area contributed by atoms with Crippen molar-refractivity contribution in [1.29, 1.82) is 0 Å². The Morgan fingerprint density at radius 3 is 0.805 bits per heavy atom. The average molecular weight is 1100 g/mol. The maximum absolute atomic E-state index is 5.57. The molecule has 0 N–H and O–H groups in total. The number of nitrogens with zero attached hydrogens (tertiary/aromatic N) is 2. The molecule has 0 saturated heterocycles. The molecule has 440 valence electrons. The van der Waals surface area contributed by atoms with Gasteiger partial charge >= 0.3 is 0 Å². The van der Waals surface area contributed by atoms with Gasteiger partial charge in [0.2, 0.25) is 0 Å². The Morgan fingerprint density at radius 2 is 0.506 bits per heavy atom. The van der Waals surface area contributed by atoms with Crippen molar-refractivity contribution >= 4 is 22.8 Å². The van der Waals surface area contributed by atoms with Gasteiger partial charge < -0.3 is 0 Å². The molecule has 0 atom stereocenters. The maximum Gasteiger partial charge on any atom is 0.0665 e. The summed E-state index contributed by atoms with van der Waals surface area (Å²) < 4.78 is 0. The molecule has 0 spiro atoms. The van der Waals surface area contributed by atoms with E-state index in [9.17, 15) is 0 Å². The van der Waals surface area contributed by atoms with Crippen molar-refractivity contribution in [3.8, 4) is 23.7 Å². The van der Waals surface area contributed by atoms with Gasteiger partial charge in [-0.2, -0.15) is 0 Å². The van der Waals surface area contributed by atoms with Crippen LogP contribution in [0.25, 0.3) is 0 Å². The third-order valence-electron chi connectivity index (χ3n) is 15.9. The van der Waals surface area contributed by atoms with Crippen LogP contribution in [-0.4, -0.2) is 11.4 Å². The van der Waals surface area contributed by atoms with Crippen molar-refractivity contribution in [3.63, 3.8) is 0 Å². The molecule has 0 amide bonds. The van der Waals surface area contributed by atoms with Crippen LogP contribution < -0.4 is 0 Å². The number of rotatable bonds is 53. The molecule has 3 heteroatoms. The van der Waals surface area contributed by atoms with Crippen LogP contribution in [0.4, 0.5) is 11.4 Å². The minimum absolute atomic E-state index is 0. The molecule has 0 bridgehead atoms. The minimum atomic E-state index is 0. The predicted molar refractivity (Wildman–Crippen MR) is 344 cm³/mol. The van der Waals surface area contributed by atoms with Gasteiger partial charge in [-0.1, -0.05) is 308 Å². The van der Waals surface area contributed by atoms with Gasteiger partial charge in [0.1, 0.15) is 0 Å². The number of aliphatic imine (C=N–C) groups is 2. The monoisotopic (exact) mass is 1100 g/mol. The summed E-state index contributed by atoms with van der Waals surface area (Å²) >= 11 is 0. The fourth-order valence-corrected chi connectivity index (χ4v) is 10.9. The summed E-state index contributed by atoms with van der Waals surface area (Å²) in [6.07, 6.45) is 68.4. The van der Waals surface area contributed by atoms with Crippen LogP contribution >= 0.6 is 0 Å². The van der Waals surface area contributed by atoms with E-state index in [2.05, 4.69) is 99.9 Å². The molecule has 0 aliphatic carbocycles. The molecule has 2 aromatic carbocycles. The summed E-state index contributed by atoms with van der Waals surface area (Å²) in [7, 11) is 0. The Labute approximate surface area is 491 Å². The van der Waals surface area contributed by atoms with E-state index in [0.29, 0.717) is 0 Å². The van der Waals surface area contributed by atoms with Crippen molar-refractivity contribution in [1.82, 2.24) is 0 Å². The van der Waals surface area contributed by atoms with Crippen molar-refractivity contribution in [2.45, 2.75) is 362 Å². The van der Waals surface area contributed by atoms with Crippen molar-refractivity contribution in [3.05, 3.63) is 59.7 Å². The molecular formula is C74H124N2Ni. The van der Waals surface area contributed by atoms with Crippen LogP contribution in [0, 0.1) is 23.7 Å². The second-order valence-electron chi connectivity index (χ2n) is 23.2. The maximum atomic E-state index is 5.57. The topological polar surface area (TPSA) is 24.7 Å². The molecule has 0 aliphatic heterocycles. The molecule has 0 aromatic heterocycles. The van der Waals surface area contributed by atoms with E-state index in [4.69, 9.17) is 9.98 Å². The second kappa shape index (κ2) is 58.1. The van der Waals surface area contributed by atoms with Gasteiger partial charge in [0.15, 0.2) is 0 Å². The van der Waals surface area contributed by atoms with Gasteiger partial charge in [0, 0.05) is 42.2 Å². The molecule has 0 radical (unpaired) electrons. The SMILES string of the molecule is CCCCCCCCCCCCCCCCCCCC#CCCCc1ccccc1N=C(CCCC)C(CCCCCCCC)=Nc1ccccc1CCCC#CCCCCCCCCCCCCCCCCCCC.[Ni]. The summed E-state index contributed by atoms with van der Waals surface area (Å²) in [6.45, 7) is 9.23. The van der Waals surface area contributed by atoms with Gasteiger partial charge in [0.05, 0.1) is 22.8 Å². The summed E-state index contributed by atoms with van der Waals surface area (Å²) in [4.78, 5) is 11.1. The zero-order valence-electron chi connectivity index (χ0n) is 51.6. The molecule has 0 fully saturated rings. The van der Waals surface area contributed by atoms with Crippen LogP contribution in [0.3, 0.4) is 0 Å². The summed E-state index contributed by atoms with van der Waals surface area (Å²) in [5, 5.41) is 0. The summed E-state index contributed by atoms with van der Waals surface area (Å²) in [5.41, 5.74) is 7.35. The van der Waals surface area contributed by atoms with E-state index in [1.54, 1.807) is 0 Å². The minimum Gasteiger partial charge on any atom is -0.251 e. The number of hydrogen-bond acceptors (Lipinski definition) is 2. The molecule has 0 saturated carbocycles. The molecule has 2 rings (SSSR count). The first-order valence-corrected chi connectivity index (χ1v) is 34.0. The largest absolute Gasteiger partial charge is 0.251 e. The zero-order chi connectivity index (χ0) is 54.1. The number of benzene rings is 2. The van der Waals surface area contributed by atoms with Crippen molar-refractivity contribution in [2.24, 2.45) is 9.98 Å². The normalized spacial score (nSPS) is 11.6. The Morgan fingerprint density at radius 1 is 0.273 bits per heavy atom. The van der Waals surface area contributed by atoms with E-state index >= 15 is 0 Å². The molecule has 2 nitrogen and oxygen atoms in total. The van der Waals surface area contributed by atoms with E-state index in [1.807, 2.05) is 0 Å². The molecule has 0 unspecified atom stereocenters. The van der Waals surface area contributed by atoms with Crippen molar-refractivity contribution in [2.75, 3.05) is 0 Å². The zero-order valence-corrected chi connectivity index (χ0v) is 52.6. The summed E-state index contributed by atoms with van der Waals surface area (Å²) in [6, 6.07) is 17.8. The van der Waals surface area contributed by atoms with Gasteiger partial charge in [-0.05, 0) is 87.5 Å². The molecule has 77 heavy (non-hydrogen) atoms. The number of aryl methyl sites for hydroxylation is 2. The Balaban J connectivity index is 0.0000296. The third kappa shape index (κ3) is 44.8. The average Bonchev–Trinajstić information content (AvgIpc) is 3.44. The smallest absolute Gasteiger partial charge is 0.0665 e. The van der Waals surface area contributed by atoms with Crippen molar-refractivity contribution < 1.29 is 16.5 Å². The number of unbranched alkanes of at least 4 members (excludes halogenated alkanes) is 42. The van der Waals surface area contributed by atoms with E-state index in [1.165, 1.54) is 279 Å².